The molecule has 1 heterocycles. The molecular weight excluding hydrogens is 315 g/mol. The Balaban J connectivity index is 2.70. The summed E-state index contributed by atoms with van der Waals surface area (Å²) in [5.41, 5.74) is -1.12. The molecule has 1 aromatic carbocycles. The highest BCUT2D eigenvalue weighted by molar-refractivity contribution is 6.20. The van der Waals surface area contributed by atoms with Crippen LogP contribution in [0.2, 0.25) is 0 Å². The molecule has 0 bridgehead atoms. The number of hydrogen-bond donors (Lipinski definition) is 1. The van der Waals surface area contributed by atoms with Crippen LogP contribution in [0.3, 0.4) is 0 Å². The van der Waals surface area contributed by atoms with E-state index >= 15 is 0 Å². The van der Waals surface area contributed by atoms with Crippen LogP contribution in [0.15, 0.2) is 24.3 Å². The minimum Gasteiger partial charge on any atom is -0.465 e. The second-order valence-electron chi connectivity index (χ2n) is 4.93. The van der Waals surface area contributed by atoms with Crippen molar-refractivity contribution in [3.63, 3.8) is 0 Å². The predicted molar refractivity (Wildman–Crippen MR) is 76.0 cm³/mol. The average molecular weight is 329 g/mol. The Labute approximate surface area is 130 Å². The molecule has 0 fully saturated rings. The molecule has 1 aliphatic heterocycles. The minimum absolute atomic E-state index is 0.0280. The highest BCUT2D eigenvalue weighted by Gasteiger charge is 2.36. The summed E-state index contributed by atoms with van der Waals surface area (Å²) < 4.78 is 43.3. The molecule has 5 nitrogen and oxygen atoms in total. The topological polar surface area (TPSA) is 66.8 Å². The summed E-state index contributed by atoms with van der Waals surface area (Å²) in [5.74, 6) is -0.811. The van der Waals surface area contributed by atoms with E-state index in [4.69, 9.17) is 0 Å². The number of amides is 1. The number of esters is 1. The van der Waals surface area contributed by atoms with E-state index in [1.165, 1.54) is 6.08 Å². The maximum atomic E-state index is 12.9. The van der Waals surface area contributed by atoms with Crippen molar-refractivity contribution in [2.45, 2.75) is 25.6 Å². The van der Waals surface area contributed by atoms with Gasteiger partial charge in [0.25, 0.3) is 0 Å². The van der Waals surface area contributed by atoms with Crippen LogP contribution >= 0.6 is 0 Å². The molecule has 0 spiro atoms. The average Bonchev–Trinajstić information content (AvgIpc) is 2.50. The van der Waals surface area contributed by atoms with E-state index in [-0.39, 0.29) is 16.8 Å². The Morgan fingerprint density at radius 3 is 2.48 bits per heavy atom. The van der Waals surface area contributed by atoms with E-state index in [2.05, 4.69) is 4.74 Å². The van der Waals surface area contributed by atoms with Crippen molar-refractivity contribution in [2.24, 2.45) is 0 Å². The molecule has 1 amide bonds. The van der Waals surface area contributed by atoms with Gasteiger partial charge in [-0.05, 0) is 30.7 Å². The van der Waals surface area contributed by atoms with Gasteiger partial charge in [-0.2, -0.15) is 13.2 Å². The lowest BCUT2D eigenvalue weighted by Crippen LogP contribution is -2.41. The number of carboxylic acid groups (broad SMARTS) is 1. The first kappa shape index (κ1) is 16.9. The Morgan fingerprint density at radius 1 is 1.35 bits per heavy atom. The summed E-state index contributed by atoms with van der Waals surface area (Å²) >= 11 is 0. The van der Waals surface area contributed by atoms with Gasteiger partial charge < -0.3 is 9.84 Å². The second-order valence-corrected chi connectivity index (χ2v) is 4.93. The summed E-state index contributed by atoms with van der Waals surface area (Å²) in [6.07, 6.45) is -4.24. The number of rotatable bonds is 2. The van der Waals surface area contributed by atoms with Crippen LogP contribution in [0.4, 0.5) is 23.7 Å². The van der Waals surface area contributed by atoms with E-state index in [1.807, 2.05) is 0 Å². The summed E-state index contributed by atoms with van der Waals surface area (Å²) in [7, 11) is 1.11. The van der Waals surface area contributed by atoms with Crippen LogP contribution in [-0.4, -0.2) is 30.3 Å². The number of carbonyl (C=O) groups is 2. The third kappa shape index (κ3) is 3.01. The van der Waals surface area contributed by atoms with Gasteiger partial charge in [0, 0.05) is 5.56 Å². The number of halogens is 3. The molecule has 0 aromatic heterocycles. The molecule has 124 valence electrons. The van der Waals surface area contributed by atoms with Gasteiger partial charge in [-0.25, -0.2) is 9.59 Å². The van der Waals surface area contributed by atoms with Crippen LogP contribution in [-0.2, 0) is 15.7 Å². The van der Waals surface area contributed by atoms with Crippen LogP contribution in [0.25, 0.3) is 5.57 Å². The molecule has 1 unspecified atom stereocenters. The van der Waals surface area contributed by atoms with E-state index in [0.717, 1.165) is 30.2 Å². The Bertz CT molecular complexity index is 682. The van der Waals surface area contributed by atoms with Crippen LogP contribution in [0.1, 0.15) is 24.5 Å². The fourth-order valence-corrected chi connectivity index (χ4v) is 2.51. The fraction of sp³-hybridized carbons (Fsp3) is 0.333. The largest absolute Gasteiger partial charge is 0.465 e. The van der Waals surface area contributed by atoms with Crippen LogP contribution in [0, 0.1) is 0 Å². The highest BCUT2D eigenvalue weighted by atomic mass is 19.4. The lowest BCUT2D eigenvalue weighted by molar-refractivity contribution is -0.138. The first-order valence-corrected chi connectivity index (χ1v) is 6.74. The molecule has 1 atom stereocenters. The lowest BCUT2D eigenvalue weighted by Gasteiger charge is -2.33. The van der Waals surface area contributed by atoms with Crippen molar-refractivity contribution in [1.29, 1.82) is 0 Å². The van der Waals surface area contributed by atoms with Crippen molar-refractivity contribution < 1.29 is 32.6 Å². The van der Waals surface area contributed by atoms with Crippen molar-refractivity contribution in [1.82, 2.24) is 0 Å². The molecule has 0 saturated heterocycles. The molecular formula is C15H14F3NO4. The molecule has 1 aliphatic rings. The zero-order chi connectivity index (χ0) is 17.4. The van der Waals surface area contributed by atoms with Gasteiger partial charge in [0.15, 0.2) is 0 Å². The van der Waals surface area contributed by atoms with Crippen molar-refractivity contribution in [3.05, 3.63) is 35.4 Å². The number of ether oxygens (including phenoxy) is 1. The van der Waals surface area contributed by atoms with Crippen LogP contribution in [0.5, 0.6) is 0 Å². The highest BCUT2D eigenvalue weighted by Crippen LogP contribution is 2.40. The molecule has 1 aromatic rings. The smallest absolute Gasteiger partial charge is 0.416 e. The maximum absolute atomic E-state index is 12.9. The molecule has 23 heavy (non-hydrogen) atoms. The zero-order valence-electron chi connectivity index (χ0n) is 12.3. The van der Waals surface area contributed by atoms with Crippen molar-refractivity contribution in [2.75, 3.05) is 12.0 Å². The Morgan fingerprint density at radius 2 is 2.00 bits per heavy atom. The van der Waals surface area contributed by atoms with Gasteiger partial charge in [-0.3, -0.25) is 4.90 Å². The monoisotopic (exact) mass is 329 g/mol. The van der Waals surface area contributed by atoms with Gasteiger partial charge >= 0.3 is 18.2 Å². The van der Waals surface area contributed by atoms with Gasteiger partial charge in [-0.15, -0.1) is 0 Å². The molecule has 2 rings (SSSR count). The van der Waals surface area contributed by atoms with Crippen molar-refractivity contribution >= 4 is 23.3 Å². The quantitative estimate of drug-likeness (QED) is 0.843. The zero-order valence-corrected chi connectivity index (χ0v) is 12.3. The second kappa shape index (κ2) is 5.94. The number of methoxy groups -OCH3 is 1. The number of nitrogens with zero attached hydrogens (tertiary/aromatic N) is 1. The van der Waals surface area contributed by atoms with E-state index in [0.29, 0.717) is 6.42 Å². The standard InChI is InChI=1S/C15H14F3NO4/c1-3-9-7-11(13(20)23-2)10-6-8(15(16,17)18)4-5-12(10)19(9)14(21)22/h4-7,9H,3H2,1-2H3,(H,21,22). The number of benzene rings is 1. The molecule has 0 aliphatic carbocycles. The summed E-state index contributed by atoms with van der Waals surface area (Å²) in [6, 6.07) is 1.96. The van der Waals surface area contributed by atoms with Gasteiger partial charge in [-0.1, -0.05) is 6.92 Å². The number of hydrogen-bond acceptors (Lipinski definition) is 3. The maximum Gasteiger partial charge on any atom is 0.416 e. The summed E-state index contributed by atoms with van der Waals surface area (Å²) in [5, 5.41) is 9.36. The van der Waals surface area contributed by atoms with Gasteiger partial charge in [0.1, 0.15) is 0 Å². The molecule has 1 N–H and O–H groups in total. The Hall–Kier alpha value is -2.51. The summed E-state index contributed by atoms with van der Waals surface area (Å²) in [6.45, 7) is 1.71. The predicted octanol–water partition coefficient (Wildman–Crippen LogP) is 3.54. The molecule has 0 radical (unpaired) electrons. The van der Waals surface area contributed by atoms with E-state index < -0.39 is 29.8 Å². The number of fused-ring (bicyclic) bond motifs is 1. The van der Waals surface area contributed by atoms with Gasteiger partial charge in [0.05, 0.1) is 30.0 Å². The number of alkyl halides is 3. The SMILES string of the molecule is CCC1C=C(C(=O)OC)c2cc(C(F)(F)F)ccc2N1C(=O)O. The molecule has 0 saturated carbocycles. The fourth-order valence-electron chi connectivity index (χ4n) is 2.51. The molecule has 8 heteroatoms. The van der Waals surface area contributed by atoms with Crippen LogP contribution < -0.4 is 4.90 Å². The van der Waals surface area contributed by atoms with E-state index in [9.17, 15) is 27.9 Å². The first-order valence-electron chi connectivity index (χ1n) is 6.74. The van der Waals surface area contributed by atoms with E-state index in [1.54, 1.807) is 6.92 Å². The third-order valence-corrected chi connectivity index (χ3v) is 3.59. The summed E-state index contributed by atoms with van der Waals surface area (Å²) in [4.78, 5) is 24.3. The first-order chi connectivity index (χ1) is 10.7. The minimum atomic E-state index is -4.61. The van der Waals surface area contributed by atoms with Crippen molar-refractivity contribution in [3.8, 4) is 0 Å². The third-order valence-electron chi connectivity index (χ3n) is 3.59. The number of anilines is 1. The lowest BCUT2D eigenvalue weighted by atomic mass is 9.92. The number of carbonyl (C=O) groups excluding carboxylic acids is 1. The Kier molecular flexibility index (Phi) is 4.35. The normalized spacial score (nSPS) is 17.3. The van der Waals surface area contributed by atoms with Gasteiger partial charge in [0.2, 0.25) is 0 Å².